The first kappa shape index (κ1) is 13.8. The van der Waals surface area contributed by atoms with Gasteiger partial charge in [0, 0.05) is 38.3 Å². The summed E-state index contributed by atoms with van der Waals surface area (Å²) in [4.78, 5) is 16.7. The lowest BCUT2D eigenvalue weighted by Gasteiger charge is -2.36. The van der Waals surface area contributed by atoms with Crippen LogP contribution in [0.1, 0.15) is 39.5 Å². The predicted octanol–water partition coefficient (Wildman–Crippen LogP) is 1.07. The zero-order valence-corrected chi connectivity index (χ0v) is 11.8. The van der Waals surface area contributed by atoms with Gasteiger partial charge in [-0.2, -0.15) is 0 Å². The summed E-state index contributed by atoms with van der Waals surface area (Å²) >= 11 is 0. The first-order valence-corrected chi connectivity index (χ1v) is 7.41. The van der Waals surface area contributed by atoms with E-state index in [0.29, 0.717) is 24.5 Å². The van der Waals surface area contributed by atoms with Crippen LogP contribution < -0.4 is 5.32 Å². The van der Waals surface area contributed by atoms with Gasteiger partial charge in [0.2, 0.25) is 5.91 Å². The third kappa shape index (κ3) is 3.95. The fourth-order valence-electron chi connectivity index (χ4n) is 3.18. The lowest BCUT2D eigenvalue weighted by Crippen LogP contribution is -2.56. The molecular formula is C14H27N3O. The van der Waals surface area contributed by atoms with Gasteiger partial charge in [0.25, 0.3) is 0 Å². The molecule has 0 aromatic carbocycles. The highest BCUT2D eigenvalue weighted by Crippen LogP contribution is 2.11. The molecule has 0 spiro atoms. The molecule has 2 unspecified atom stereocenters. The Morgan fingerprint density at radius 2 is 1.61 bits per heavy atom. The normalized spacial score (nSPS) is 31.1. The molecule has 4 heteroatoms. The van der Waals surface area contributed by atoms with Crippen LogP contribution in [-0.2, 0) is 4.79 Å². The molecule has 104 valence electrons. The Hall–Kier alpha value is -0.610. The summed E-state index contributed by atoms with van der Waals surface area (Å²) < 4.78 is 0. The second-order valence-corrected chi connectivity index (χ2v) is 5.96. The van der Waals surface area contributed by atoms with E-state index in [2.05, 4.69) is 29.0 Å². The Balaban J connectivity index is 1.82. The standard InChI is InChI=1S/C14H27N3O/c1-12-9-16(10-13(2)15-12)11-14(18)17-7-5-3-4-6-8-17/h12-13,15H,3-11H2,1-2H3. The van der Waals surface area contributed by atoms with Gasteiger partial charge in [-0.1, -0.05) is 12.8 Å². The second-order valence-electron chi connectivity index (χ2n) is 5.96. The van der Waals surface area contributed by atoms with Crippen molar-refractivity contribution < 1.29 is 4.79 Å². The molecule has 2 atom stereocenters. The molecule has 2 heterocycles. The molecule has 0 saturated carbocycles. The highest BCUT2D eigenvalue weighted by molar-refractivity contribution is 5.78. The van der Waals surface area contributed by atoms with Gasteiger partial charge in [-0.3, -0.25) is 9.69 Å². The van der Waals surface area contributed by atoms with Crippen LogP contribution in [0.4, 0.5) is 0 Å². The monoisotopic (exact) mass is 253 g/mol. The molecule has 0 aromatic heterocycles. The zero-order chi connectivity index (χ0) is 13.0. The van der Waals surface area contributed by atoms with Gasteiger partial charge in [0.1, 0.15) is 0 Å². The highest BCUT2D eigenvalue weighted by Gasteiger charge is 2.24. The Morgan fingerprint density at radius 1 is 1.06 bits per heavy atom. The van der Waals surface area contributed by atoms with E-state index in [1.165, 1.54) is 25.7 Å². The van der Waals surface area contributed by atoms with Crippen LogP contribution in [0.3, 0.4) is 0 Å². The number of hydrogen-bond donors (Lipinski definition) is 1. The zero-order valence-electron chi connectivity index (χ0n) is 11.8. The molecule has 2 saturated heterocycles. The minimum atomic E-state index is 0.332. The van der Waals surface area contributed by atoms with Crippen molar-refractivity contribution in [2.75, 3.05) is 32.7 Å². The minimum absolute atomic E-state index is 0.332. The lowest BCUT2D eigenvalue weighted by molar-refractivity contribution is -0.132. The molecule has 1 N–H and O–H groups in total. The third-order valence-corrected chi connectivity index (χ3v) is 3.95. The molecule has 1 amide bonds. The summed E-state index contributed by atoms with van der Waals surface area (Å²) in [6, 6.07) is 0.983. The summed E-state index contributed by atoms with van der Waals surface area (Å²) in [5.74, 6) is 0.332. The number of likely N-dealkylation sites (tertiary alicyclic amines) is 1. The van der Waals surface area contributed by atoms with Crippen LogP contribution in [0, 0.1) is 0 Å². The topological polar surface area (TPSA) is 35.6 Å². The summed E-state index contributed by atoms with van der Waals surface area (Å²) in [5.41, 5.74) is 0. The summed E-state index contributed by atoms with van der Waals surface area (Å²) in [5, 5.41) is 3.51. The fourth-order valence-corrected chi connectivity index (χ4v) is 3.18. The van der Waals surface area contributed by atoms with Crippen LogP contribution in [0.2, 0.25) is 0 Å². The summed E-state index contributed by atoms with van der Waals surface area (Å²) in [6.07, 6.45) is 4.93. The smallest absolute Gasteiger partial charge is 0.236 e. The molecular weight excluding hydrogens is 226 g/mol. The minimum Gasteiger partial charge on any atom is -0.342 e. The number of rotatable bonds is 2. The maximum absolute atomic E-state index is 12.3. The molecule has 4 nitrogen and oxygen atoms in total. The van der Waals surface area contributed by atoms with E-state index in [-0.39, 0.29) is 0 Å². The van der Waals surface area contributed by atoms with Crippen LogP contribution in [0.25, 0.3) is 0 Å². The molecule has 18 heavy (non-hydrogen) atoms. The average molecular weight is 253 g/mol. The van der Waals surface area contributed by atoms with Gasteiger partial charge < -0.3 is 10.2 Å². The molecule has 0 aliphatic carbocycles. The van der Waals surface area contributed by atoms with E-state index < -0.39 is 0 Å². The molecule has 2 fully saturated rings. The van der Waals surface area contributed by atoms with Crippen LogP contribution in [-0.4, -0.2) is 60.5 Å². The summed E-state index contributed by atoms with van der Waals surface area (Å²) in [7, 11) is 0. The maximum atomic E-state index is 12.3. The third-order valence-electron chi connectivity index (χ3n) is 3.95. The fraction of sp³-hybridized carbons (Fsp3) is 0.929. The molecule has 2 rings (SSSR count). The number of carbonyl (C=O) groups excluding carboxylic acids is 1. The van der Waals surface area contributed by atoms with Crippen molar-refractivity contribution in [3.63, 3.8) is 0 Å². The Kier molecular flexibility index (Phi) is 5.01. The van der Waals surface area contributed by atoms with E-state index in [4.69, 9.17) is 0 Å². The molecule has 0 radical (unpaired) electrons. The van der Waals surface area contributed by atoms with Crippen molar-refractivity contribution in [3.8, 4) is 0 Å². The number of nitrogens with one attached hydrogen (secondary N) is 1. The van der Waals surface area contributed by atoms with Gasteiger partial charge in [0.05, 0.1) is 6.54 Å². The van der Waals surface area contributed by atoms with Gasteiger partial charge >= 0.3 is 0 Å². The quantitative estimate of drug-likeness (QED) is 0.799. The largest absolute Gasteiger partial charge is 0.342 e. The van der Waals surface area contributed by atoms with E-state index in [0.717, 1.165) is 26.2 Å². The Morgan fingerprint density at radius 3 is 2.17 bits per heavy atom. The molecule has 2 aliphatic rings. The lowest BCUT2D eigenvalue weighted by atomic mass is 10.1. The first-order chi connectivity index (χ1) is 8.65. The number of amides is 1. The average Bonchev–Trinajstić information content (AvgIpc) is 2.55. The SMILES string of the molecule is CC1CN(CC(=O)N2CCCCCC2)CC(C)N1. The molecule has 2 aliphatic heterocycles. The Bertz CT molecular complexity index is 264. The number of piperazine rings is 1. The van der Waals surface area contributed by atoms with Crippen LogP contribution in [0.15, 0.2) is 0 Å². The van der Waals surface area contributed by atoms with Crippen molar-refractivity contribution >= 4 is 5.91 Å². The maximum Gasteiger partial charge on any atom is 0.236 e. The number of nitrogens with zero attached hydrogens (tertiary/aromatic N) is 2. The van der Waals surface area contributed by atoms with Crippen molar-refractivity contribution in [2.24, 2.45) is 0 Å². The van der Waals surface area contributed by atoms with Crippen molar-refractivity contribution in [3.05, 3.63) is 0 Å². The van der Waals surface area contributed by atoms with Crippen LogP contribution >= 0.6 is 0 Å². The first-order valence-electron chi connectivity index (χ1n) is 7.41. The summed E-state index contributed by atoms with van der Waals surface area (Å²) in [6.45, 7) is 8.91. The van der Waals surface area contributed by atoms with Crippen molar-refractivity contribution in [2.45, 2.75) is 51.6 Å². The highest BCUT2D eigenvalue weighted by atomic mass is 16.2. The van der Waals surface area contributed by atoms with Crippen molar-refractivity contribution in [1.29, 1.82) is 0 Å². The molecule has 0 bridgehead atoms. The number of hydrogen-bond acceptors (Lipinski definition) is 3. The predicted molar refractivity (Wildman–Crippen MR) is 73.5 cm³/mol. The van der Waals surface area contributed by atoms with Gasteiger partial charge in [-0.05, 0) is 26.7 Å². The van der Waals surface area contributed by atoms with Crippen molar-refractivity contribution in [1.82, 2.24) is 15.1 Å². The van der Waals surface area contributed by atoms with Gasteiger partial charge in [-0.25, -0.2) is 0 Å². The van der Waals surface area contributed by atoms with Gasteiger partial charge in [0.15, 0.2) is 0 Å². The molecule has 0 aromatic rings. The van der Waals surface area contributed by atoms with E-state index in [9.17, 15) is 4.79 Å². The van der Waals surface area contributed by atoms with Crippen LogP contribution in [0.5, 0.6) is 0 Å². The Labute approximate surface area is 111 Å². The second kappa shape index (κ2) is 6.53. The number of carbonyl (C=O) groups is 1. The van der Waals surface area contributed by atoms with Gasteiger partial charge in [-0.15, -0.1) is 0 Å². The van der Waals surface area contributed by atoms with E-state index in [1.54, 1.807) is 0 Å². The van der Waals surface area contributed by atoms with E-state index >= 15 is 0 Å². The van der Waals surface area contributed by atoms with E-state index in [1.807, 2.05) is 0 Å².